The second-order valence-electron chi connectivity index (χ2n) is 7.71. The van der Waals surface area contributed by atoms with E-state index in [-0.39, 0.29) is 5.56 Å². The van der Waals surface area contributed by atoms with Crippen molar-refractivity contribution in [3.63, 3.8) is 0 Å². The highest BCUT2D eigenvalue weighted by Crippen LogP contribution is 2.28. The number of hydrazone groups is 1. The molecule has 1 aliphatic carbocycles. The molecule has 0 radical (unpaired) electrons. The molecule has 0 atom stereocenters. The van der Waals surface area contributed by atoms with Crippen molar-refractivity contribution in [3.05, 3.63) is 35.4 Å². The minimum Gasteiger partial charge on any atom is -0.444 e. The number of carbonyl (C=O) groups is 3. The summed E-state index contributed by atoms with van der Waals surface area (Å²) >= 11 is 0. The van der Waals surface area contributed by atoms with E-state index >= 15 is 0 Å². The van der Waals surface area contributed by atoms with Crippen molar-refractivity contribution in [2.24, 2.45) is 5.10 Å². The molecule has 2 rings (SSSR count). The fourth-order valence-electron chi connectivity index (χ4n) is 2.92. The fraction of sp³-hybridized carbons (Fsp3) is 0.474. The van der Waals surface area contributed by atoms with Gasteiger partial charge in [-0.05, 0) is 57.9 Å². The number of nitrogens with one attached hydrogen (secondary N) is 3. The molecule has 9 heteroatoms. The van der Waals surface area contributed by atoms with Crippen LogP contribution in [0.2, 0.25) is 0 Å². The van der Waals surface area contributed by atoms with Crippen LogP contribution in [0.4, 0.5) is 4.79 Å². The minimum atomic E-state index is -0.665. The van der Waals surface area contributed by atoms with Gasteiger partial charge >= 0.3 is 6.09 Å². The molecule has 1 saturated carbocycles. The zero-order chi connectivity index (χ0) is 20.8. The van der Waals surface area contributed by atoms with E-state index in [9.17, 15) is 14.4 Å². The van der Waals surface area contributed by atoms with Gasteiger partial charge in [-0.2, -0.15) is 5.10 Å². The Bertz CT molecular complexity index is 747. The summed E-state index contributed by atoms with van der Waals surface area (Å²) in [6.07, 6.45) is 4.29. The summed E-state index contributed by atoms with van der Waals surface area (Å²) in [6, 6.07) is 5.71. The summed E-state index contributed by atoms with van der Waals surface area (Å²) < 4.78 is 5.31. The van der Waals surface area contributed by atoms with E-state index in [1.807, 2.05) is 0 Å². The molecule has 0 saturated heterocycles. The average molecular weight is 390 g/mol. The molecular formula is C19H26N4O5. The fourth-order valence-corrected chi connectivity index (χ4v) is 2.92. The third kappa shape index (κ3) is 6.05. The van der Waals surface area contributed by atoms with Crippen LogP contribution in [0.3, 0.4) is 0 Å². The molecule has 152 valence electrons. The van der Waals surface area contributed by atoms with Gasteiger partial charge < -0.3 is 10.1 Å². The molecule has 0 aliphatic heterocycles. The van der Waals surface area contributed by atoms with Crippen molar-refractivity contribution in [3.8, 4) is 0 Å². The third-order valence-electron chi connectivity index (χ3n) is 4.23. The van der Waals surface area contributed by atoms with Crippen LogP contribution in [0.15, 0.2) is 29.4 Å². The largest absolute Gasteiger partial charge is 0.444 e. The molecule has 0 unspecified atom stereocenters. The quantitative estimate of drug-likeness (QED) is 0.348. The van der Waals surface area contributed by atoms with Crippen LogP contribution in [-0.2, 0) is 4.74 Å². The maximum Gasteiger partial charge on any atom is 0.408 e. The Kier molecular flexibility index (Phi) is 6.74. The van der Waals surface area contributed by atoms with Gasteiger partial charge in [0.2, 0.25) is 0 Å². The van der Waals surface area contributed by atoms with Gasteiger partial charge in [0.05, 0.1) is 11.8 Å². The van der Waals surface area contributed by atoms with Crippen molar-refractivity contribution in [1.82, 2.24) is 16.2 Å². The van der Waals surface area contributed by atoms with E-state index in [0.717, 1.165) is 12.8 Å². The van der Waals surface area contributed by atoms with Gasteiger partial charge in [-0.15, -0.1) is 0 Å². The lowest BCUT2D eigenvalue weighted by Gasteiger charge is -2.28. The third-order valence-corrected chi connectivity index (χ3v) is 4.23. The van der Waals surface area contributed by atoms with E-state index in [1.54, 1.807) is 20.8 Å². The topological polar surface area (TPSA) is 129 Å². The maximum absolute atomic E-state index is 12.2. The first kappa shape index (κ1) is 21.4. The lowest BCUT2D eigenvalue weighted by molar-refractivity contribution is 0.0488. The van der Waals surface area contributed by atoms with Crippen LogP contribution in [0.5, 0.6) is 0 Å². The number of hydrogen-bond acceptors (Lipinski definition) is 6. The lowest BCUT2D eigenvalue weighted by atomic mass is 10.00. The highest BCUT2D eigenvalue weighted by molar-refractivity contribution is 5.97. The number of carbonyl (C=O) groups excluding carboxylic acids is 3. The van der Waals surface area contributed by atoms with Gasteiger partial charge in [-0.1, -0.05) is 12.8 Å². The predicted molar refractivity (Wildman–Crippen MR) is 102 cm³/mol. The summed E-state index contributed by atoms with van der Waals surface area (Å²) in [5.41, 5.74) is 3.20. The average Bonchev–Trinajstić information content (AvgIpc) is 3.07. The molecule has 0 spiro atoms. The number of amides is 3. The maximum atomic E-state index is 12.2. The molecule has 0 bridgehead atoms. The molecule has 4 N–H and O–H groups in total. The standard InChI is InChI=1S/C19H26N4O5/c1-18(2,3)28-17(26)21-19(10-4-5-11-19)12-20-22-15(24)13-6-8-14(9-7-13)16(25)23-27/h6-9,12,27H,4-5,10-11H2,1-3H3,(H,21,26)(H,22,24)(H,23,25)/b20-12+. The number of benzene rings is 1. The molecule has 28 heavy (non-hydrogen) atoms. The van der Waals surface area contributed by atoms with Crippen molar-refractivity contribution >= 4 is 24.1 Å². The van der Waals surface area contributed by atoms with Crippen LogP contribution < -0.4 is 16.2 Å². The van der Waals surface area contributed by atoms with Crippen LogP contribution in [0.25, 0.3) is 0 Å². The highest BCUT2D eigenvalue weighted by Gasteiger charge is 2.35. The number of hydroxylamine groups is 1. The highest BCUT2D eigenvalue weighted by atomic mass is 16.6. The van der Waals surface area contributed by atoms with Crippen molar-refractivity contribution in [2.45, 2.75) is 57.6 Å². The van der Waals surface area contributed by atoms with Gasteiger partial charge in [0.25, 0.3) is 11.8 Å². The van der Waals surface area contributed by atoms with Crippen LogP contribution >= 0.6 is 0 Å². The predicted octanol–water partition coefficient (Wildman–Crippen LogP) is 2.36. The van der Waals surface area contributed by atoms with Crippen molar-refractivity contribution in [1.29, 1.82) is 0 Å². The molecule has 0 aromatic heterocycles. The molecule has 1 fully saturated rings. The van der Waals surface area contributed by atoms with E-state index in [2.05, 4.69) is 15.8 Å². The SMILES string of the molecule is CC(C)(C)OC(=O)NC1(/C=N/NC(=O)c2ccc(C(=O)NO)cc2)CCCC1. The number of alkyl carbamates (subject to hydrolysis) is 1. The first-order chi connectivity index (χ1) is 13.1. The Morgan fingerprint density at radius 1 is 1.07 bits per heavy atom. The van der Waals surface area contributed by atoms with Crippen molar-refractivity contribution < 1.29 is 24.3 Å². The Labute approximate surface area is 163 Å². The van der Waals surface area contributed by atoms with E-state index < -0.39 is 29.0 Å². The summed E-state index contributed by atoms with van der Waals surface area (Å²) in [4.78, 5) is 35.6. The zero-order valence-corrected chi connectivity index (χ0v) is 16.2. The second kappa shape index (κ2) is 8.83. The summed E-state index contributed by atoms with van der Waals surface area (Å²) in [5.74, 6) is -1.13. The van der Waals surface area contributed by atoms with Crippen LogP contribution in [0, 0.1) is 0 Å². The van der Waals surface area contributed by atoms with Gasteiger partial charge in [0, 0.05) is 11.1 Å². The molecule has 3 amide bonds. The summed E-state index contributed by atoms with van der Waals surface area (Å²) in [5, 5.41) is 15.5. The molecule has 1 aromatic rings. The second-order valence-corrected chi connectivity index (χ2v) is 7.71. The van der Waals surface area contributed by atoms with Crippen LogP contribution in [-0.4, -0.2) is 40.5 Å². The molecule has 9 nitrogen and oxygen atoms in total. The van der Waals surface area contributed by atoms with Gasteiger partial charge in [0.1, 0.15) is 5.60 Å². The Hall–Kier alpha value is -2.94. The lowest BCUT2D eigenvalue weighted by Crippen LogP contribution is -2.49. The normalized spacial score (nSPS) is 15.9. The Morgan fingerprint density at radius 2 is 1.61 bits per heavy atom. The molecule has 1 aliphatic rings. The Balaban J connectivity index is 1.99. The summed E-state index contributed by atoms with van der Waals surface area (Å²) in [6.45, 7) is 5.37. The molecule has 0 heterocycles. The minimum absolute atomic E-state index is 0.217. The van der Waals surface area contributed by atoms with Crippen LogP contribution in [0.1, 0.15) is 67.2 Å². The van der Waals surface area contributed by atoms with E-state index in [1.165, 1.54) is 36.0 Å². The summed E-state index contributed by atoms with van der Waals surface area (Å²) in [7, 11) is 0. The first-order valence-corrected chi connectivity index (χ1v) is 9.04. The smallest absolute Gasteiger partial charge is 0.408 e. The zero-order valence-electron chi connectivity index (χ0n) is 16.2. The number of hydrogen-bond donors (Lipinski definition) is 4. The number of nitrogens with zero attached hydrogens (tertiary/aromatic N) is 1. The first-order valence-electron chi connectivity index (χ1n) is 9.04. The van der Waals surface area contributed by atoms with E-state index in [4.69, 9.17) is 9.94 Å². The number of ether oxygens (including phenoxy) is 1. The molecule has 1 aromatic carbocycles. The van der Waals surface area contributed by atoms with Gasteiger partial charge in [-0.3, -0.25) is 14.8 Å². The van der Waals surface area contributed by atoms with E-state index in [0.29, 0.717) is 18.4 Å². The number of rotatable bonds is 5. The Morgan fingerprint density at radius 3 is 2.11 bits per heavy atom. The monoisotopic (exact) mass is 390 g/mol. The van der Waals surface area contributed by atoms with Crippen molar-refractivity contribution in [2.75, 3.05) is 0 Å². The molecular weight excluding hydrogens is 364 g/mol. The van der Waals surface area contributed by atoms with Gasteiger partial charge in [0.15, 0.2) is 0 Å². The van der Waals surface area contributed by atoms with Gasteiger partial charge in [-0.25, -0.2) is 15.7 Å².